The number of carbonyl (C=O) groups is 4. The van der Waals surface area contributed by atoms with Crippen molar-refractivity contribution in [2.75, 3.05) is 6.54 Å². The molecule has 5 bridgehead atoms. The highest BCUT2D eigenvalue weighted by Crippen LogP contribution is 2.24. The van der Waals surface area contributed by atoms with Crippen LogP contribution in [0, 0.1) is 5.41 Å². The van der Waals surface area contributed by atoms with Crippen molar-refractivity contribution in [3.63, 3.8) is 0 Å². The number of aromatic nitrogens is 1. The summed E-state index contributed by atoms with van der Waals surface area (Å²) in [5, 5.41) is 7.92. The highest BCUT2D eigenvalue weighted by molar-refractivity contribution is 5.91. The Morgan fingerprint density at radius 1 is 0.974 bits per heavy atom. The maximum Gasteiger partial charge on any atom is 0.316 e. The molecule has 2 aromatic rings. The lowest BCUT2D eigenvalue weighted by Crippen LogP contribution is -2.61. The number of hydrogen-bond acceptors (Lipinski definition) is 7. The summed E-state index contributed by atoms with van der Waals surface area (Å²) in [5.41, 5.74) is 4.29. The molecule has 1 aromatic heterocycles. The number of cyclic esters (lactones) is 1. The summed E-state index contributed by atoms with van der Waals surface area (Å²) in [6, 6.07) is 7.77. The average molecular weight is 522 g/mol. The van der Waals surface area contributed by atoms with Crippen molar-refractivity contribution in [2.24, 2.45) is 5.41 Å². The summed E-state index contributed by atoms with van der Waals surface area (Å²) in [6.45, 7) is 8.70. The molecule has 3 heterocycles. The van der Waals surface area contributed by atoms with E-state index in [2.05, 4.69) is 16.1 Å². The van der Waals surface area contributed by atoms with Gasteiger partial charge < -0.3 is 15.4 Å². The molecule has 1 aromatic carbocycles. The second kappa shape index (κ2) is 10.9. The molecule has 10 nitrogen and oxygen atoms in total. The Bertz CT molecular complexity index is 1290. The Morgan fingerprint density at radius 2 is 1.68 bits per heavy atom. The first-order valence-corrected chi connectivity index (χ1v) is 12.9. The van der Waals surface area contributed by atoms with E-state index in [0.29, 0.717) is 25.1 Å². The van der Waals surface area contributed by atoms with Crippen molar-refractivity contribution < 1.29 is 23.9 Å². The molecule has 4 atom stereocenters. The Morgan fingerprint density at radius 3 is 2.45 bits per heavy atom. The molecule has 0 spiro atoms. The van der Waals surface area contributed by atoms with E-state index in [1.54, 1.807) is 26.8 Å². The zero-order chi connectivity index (χ0) is 27.6. The minimum Gasteiger partial charge on any atom is -0.452 e. The van der Waals surface area contributed by atoms with E-state index in [1.807, 2.05) is 43.3 Å². The first-order valence-electron chi connectivity index (χ1n) is 12.9. The van der Waals surface area contributed by atoms with Gasteiger partial charge in [0.25, 0.3) is 11.8 Å². The fourth-order valence-electron chi connectivity index (χ4n) is 4.38. The summed E-state index contributed by atoms with van der Waals surface area (Å²) >= 11 is 0. The van der Waals surface area contributed by atoms with E-state index in [1.165, 1.54) is 11.9 Å². The van der Waals surface area contributed by atoms with Crippen LogP contribution in [0.2, 0.25) is 0 Å². The summed E-state index contributed by atoms with van der Waals surface area (Å²) in [6.07, 6.45) is 3.62. The van der Waals surface area contributed by atoms with Crippen molar-refractivity contribution in [1.82, 2.24) is 26.1 Å². The van der Waals surface area contributed by atoms with Gasteiger partial charge in [0.1, 0.15) is 12.1 Å². The molecule has 4 unspecified atom stereocenters. The Balaban J connectivity index is 1.68. The highest BCUT2D eigenvalue weighted by atomic mass is 16.5. The van der Waals surface area contributed by atoms with Crippen molar-refractivity contribution >= 4 is 40.7 Å². The van der Waals surface area contributed by atoms with Crippen LogP contribution in [0.25, 0.3) is 17.0 Å². The molecule has 0 radical (unpaired) electrons. The highest BCUT2D eigenvalue weighted by Gasteiger charge is 2.33. The minimum atomic E-state index is -1.10. The standard InChI is InChI=1S/C28H35N5O5/c1-16-21-11-10-20-9-8-19(15-23(20)31-21)12-13-28(4,5)27(37)38-18(3)24(34)30-17(2)26(36)33-14-6-7-22(32-33)25(35)29-16/h8-13,15-18,22,32H,6-7,14H2,1-5H3,(H,29,35)(H,30,34). The van der Waals surface area contributed by atoms with Crippen molar-refractivity contribution in [2.45, 2.75) is 71.7 Å². The largest absolute Gasteiger partial charge is 0.452 e. The fraction of sp³-hybridized carbons (Fsp3) is 0.464. The van der Waals surface area contributed by atoms with Gasteiger partial charge >= 0.3 is 5.97 Å². The van der Waals surface area contributed by atoms with Crippen LogP contribution < -0.4 is 16.1 Å². The van der Waals surface area contributed by atoms with Crippen LogP contribution in [-0.2, 0) is 23.9 Å². The molecule has 202 valence electrons. The molecule has 2 aliphatic heterocycles. The van der Waals surface area contributed by atoms with Crippen LogP contribution in [0.4, 0.5) is 0 Å². The molecule has 0 saturated carbocycles. The zero-order valence-corrected chi connectivity index (χ0v) is 22.4. The number of rotatable bonds is 0. The zero-order valence-electron chi connectivity index (χ0n) is 22.4. The first kappa shape index (κ1) is 27.3. The molecular weight excluding hydrogens is 486 g/mol. The number of carbonyl (C=O) groups excluding carboxylic acids is 4. The van der Waals surface area contributed by atoms with Gasteiger partial charge in [-0.2, -0.15) is 0 Å². The normalized spacial score (nSPS) is 27.0. The van der Waals surface area contributed by atoms with Gasteiger partial charge in [-0.05, 0) is 65.2 Å². The molecule has 4 rings (SSSR count). The molecule has 3 amide bonds. The maximum atomic E-state index is 13.1. The fourth-order valence-corrected chi connectivity index (χ4v) is 4.38. The second-order valence-electron chi connectivity index (χ2n) is 10.6. The SMILES string of the molecule is CC1NC(=O)C(C)OC(=O)C(C)(C)C=Cc2ccc3ccc(nc3c2)C(C)NC(=O)C2CCCN(N2)C1=O. The summed E-state index contributed by atoms with van der Waals surface area (Å²) in [4.78, 5) is 56.4. The Hall–Kier alpha value is -3.79. The van der Waals surface area contributed by atoms with E-state index in [4.69, 9.17) is 9.72 Å². The number of amides is 3. The third kappa shape index (κ3) is 6.02. The second-order valence-corrected chi connectivity index (χ2v) is 10.6. The van der Waals surface area contributed by atoms with Crippen LogP contribution in [0.15, 0.2) is 36.4 Å². The number of fused-ring (bicyclic) bond motifs is 4. The van der Waals surface area contributed by atoms with Gasteiger partial charge in [0, 0.05) is 11.9 Å². The van der Waals surface area contributed by atoms with Crippen LogP contribution in [0.3, 0.4) is 0 Å². The molecule has 1 saturated heterocycles. The van der Waals surface area contributed by atoms with Crippen LogP contribution >= 0.6 is 0 Å². The van der Waals surface area contributed by atoms with E-state index >= 15 is 0 Å². The molecule has 38 heavy (non-hydrogen) atoms. The molecule has 10 heteroatoms. The third-order valence-corrected chi connectivity index (χ3v) is 6.91. The van der Waals surface area contributed by atoms with Gasteiger partial charge in [0.05, 0.1) is 22.7 Å². The van der Waals surface area contributed by atoms with E-state index in [9.17, 15) is 19.2 Å². The number of hydrogen-bond donors (Lipinski definition) is 3. The Labute approximate surface area is 222 Å². The Kier molecular flexibility index (Phi) is 7.82. The summed E-state index contributed by atoms with van der Waals surface area (Å²) in [5.74, 6) is -1.77. The predicted octanol–water partition coefficient (Wildman–Crippen LogP) is 2.40. The number of esters is 1. The number of nitrogens with zero attached hydrogens (tertiary/aromatic N) is 2. The van der Waals surface area contributed by atoms with Crippen molar-refractivity contribution in [1.29, 1.82) is 0 Å². The molecule has 0 aliphatic carbocycles. The van der Waals surface area contributed by atoms with Gasteiger partial charge in [0.2, 0.25) is 5.91 Å². The summed E-state index contributed by atoms with van der Waals surface area (Å²) < 4.78 is 5.44. The van der Waals surface area contributed by atoms with Gasteiger partial charge in [-0.25, -0.2) is 5.43 Å². The number of nitrogens with one attached hydrogen (secondary N) is 3. The van der Waals surface area contributed by atoms with Gasteiger partial charge in [-0.3, -0.25) is 29.2 Å². The first-order chi connectivity index (χ1) is 17.9. The lowest BCUT2D eigenvalue weighted by molar-refractivity contribution is -0.161. The number of ether oxygens (including phenoxy) is 1. The summed E-state index contributed by atoms with van der Waals surface area (Å²) in [7, 11) is 0. The number of hydrazine groups is 1. The van der Waals surface area contributed by atoms with Gasteiger partial charge in [-0.1, -0.05) is 30.4 Å². The van der Waals surface area contributed by atoms with Gasteiger partial charge in [-0.15, -0.1) is 0 Å². The quantitative estimate of drug-likeness (QED) is 0.454. The average Bonchev–Trinajstić information content (AvgIpc) is 2.90. The lowest BCUT2D eigenvalue weighted by atomic mass is 9.92. The number of benzene rings is 1. The van der Waals surface area contributed by atoms with E-state index < -0.39 is 35.5 Å². The van der Waals surface area contributed by atoms with Crippen molar-refractivity contribution in [3.05, 3.63) is 47.7 Å². The monoisotopic (exact) mass is 521 g/mol. The smallest absolute Gasteiger partial charge is 0.316 e. The van der Waals surface area contributed by atoms with E-state index in [0.717, 1.165) is 16.5 Å². The third-order valence-electron chi connectivity index (χ3n) is 6.91. The topological polar surface area (TPSA) is 130 Å². The van der Waals surface area contributed by atoms with E-state index in [-0.39, 0.29) is 17.9 Å². The van der Waals surface area contributed by atoms with Crippen LogP contribution in [0.1, 0.15) is 64.8 Å². The molecule has 1 fully saturated rings. The maximum absolute atomic E-state index is 13.1. The van der Waals surface area contributed by atoms with Crippen LogP contribution in [0.5, 0.6) is 0 Å². The van der Waals surface area contributed by atoms with Crippen LogP contribution in [-0.4, -0.2) is 58.4 Å². The van der Waals surface area contributed by atoms with Gasteiger partial charge in [0.15, 0.2) is 6.10 Å². The van der Waals surface area contributed by atoms with Crippen molar-refractivity contribution in [3.8, 4) is 0 Å². The molecule has 2 aliphatic rings. The molecule has 3 N–H and O–H groups in total. The number of pyridine rings is 1. The lowest BCUT2D eigenvalue weighted by Gasteiger charge is -2.35. The predicted molar refractivity (Wildman–Crippen MR) is 142 cm³/mol. The molecular formula is C28H35N5O5. The minimum absolute atomic E-state index is 0.237.